The SMILES string of the molecule is COc1ccc(C)c([C@@H](C)C(=O)N2CC[C@H](Nc3ccc(-c4cn(C)cn4)c(C)n3)C2)c1. The molecule has 4 rings (SSSR count). The maximum absolute atomic E-state index is 13.2. The van der Waals surface area contributed by atoms with Gasteiger partial charge in [-0.05, 0) is 62.6 Å². The van der Waals surface area contributed by atoms with Crippen molar-refractivity contribution in [3.05, 3.63) is 59.7 Å². The molecule has 32 heavy (non-hydrogen) atoms. The van der Waals surface area contributed by atoms with Gasteiger partial charge >= 0.3 is 0 Å². The Morgan fingerprint density at radius 1 is 1.25 bits per heavy atom. The number of nitrogens with zero attached hydrogens (tertiary/aromatic N) is 4. The molecule has 1 saturated heterocycles. The summed E-state index contributed by atoms with van der Waals surface area (Å²) in [5.41, 5.74) is 5.01. The van der Waals surface area contributed by atoms with Gasteiger partial charge in [0.15, 0.2) is 0 Å². The fourth-order valence-corrected chi connectivity index (χ4v) is 4.37. The number of pyridine rings is 1. The molecule has 1 amide bonds. The zero-order valence-electron chi connectivity index (χ0n) is 19.4. The van der Waals surface area contributed by atoms with Crippen LogP contribution in [0, 0.1) is 13.8 Å². The van der Waals surface area contributed by atoms with E-state index in [1.54, 1.807) is 13.4 Å². The summed E-state index contributed by atoms with van der Waals surface area (Å²) in [4.78, 5) is 24.3. The molecule has 2 atom stereocenters. The van der Waals surface area contributed by atoms with Crippen molar-refractivity contribution in [2.75, 3.05) is 25.5 Å². The molecule has 1 aliphatic rings. The topological polar surface area (TPSA) is 72.3 Å². The number of benzene rings is 1. The molecule has 7 heteroatoms. The van der Waals surface area contributed by atoms with Crippen molar-refractivity contribution < 1.29 is 9.53 Å². The molecule has 0 aliphatic carbocycles. The monoisotopic (exact) mass is 433 g/mol. The first-order valence-corrected chi connectivity index (χ1v) is 11.0. The highest BCUT2D eigenvalue weighted by Crippen LogP contribution is 2.28. The lowest BCUT2D eigenvalue weighted by Crippen LogP contribution is -2.34. The lowest BCUT2D eigenvalue weighted by molar-refractivity contribution is -0.131. The second-order valence-corrected chi connectivity index (χ2v) is 8.61. The van der Waals surface area contributed by atoms with Gasteiger partial charge in [0.1, 0.15) is 11.6 Å². The first-order valence-electron chi connectivity index (χ1n) is 11.0. The number of amides is 1. The Morgan fingerprint density at radius 3 is 2.75 bits per heavy atom. The van der Waals surface area contributed by atoms with E-state index in [-0.39, 0.29) is 17.9 Å². The van der Waals surface area contributed by atoms with E-state index in [0.717, 1.165) is 52.6 Å². The normalized spacial score (nSPS) is 16.8. The second-order valence-electron chi connectivity index (χ2n) is 8.61. The van der Waals surface area contributed by atoms with Gasteiger partial charge in [-0.3, -0.25) is 4.79 Å². The van der Waals surface area contributed by atoms with Crippen LogP contribution in [-0.4, -0.2) is 51.6 Å². The van der Waals surface area contributed by atoms with Gasteiger partial charge in [0.25, 0.3) is 0 Å². The third-order valence-corrected chi connectivity index (χ3v) is 6.24. The highest BCUT2D eigenvalue weighted by molar-refractivity contribution is 5.84. The van der Waals surface area contributed by atoms with Crippen molar-refractivity contribution in [1.29, 1.82) is 0 Å². The third kappa shape index (κ3) is 4.47. The molecular weight excluding hydrogens is 402 g/mol. The van der Waals surface area contributed by atoms with Gasteiger partial charge < -0.3 is 19.5 Å². The highest BCUT2D eigenvalue weighted by Gasteiger charge is 2.30. The lowest BCUT2D eigenvalue weighted by Gasteiger charge is -2.23. The lowest BCUT2D eigenvalue weighted by atomic mass is 9.95. The number of likely N-dealkylation sites (tertiary alicyclic amines) is 1. The molecule has 3 aromatic rings. The van der Waals surface area contributed by atoms with E-state index in [4.69, 9.17) is 9.72 Å². The predicted octanol–water partition coefficient (Wildman–Crippen LogP) is 3.92. The molecule has 3 heterocycles. The molecule has 1 fully saturated rings. The largest absolute Gasteiger partial charge is 0.497 e. The van der Waals surface area contributed by atoms with Gasteiger partial charge in [-0.25, -0.2) is 9.97 Å². The quantitative estimate of drug-likeness (QED) is 0.638. The summed E-state index contributed by atoms with van der Waals surface area (Å²) in [5, 5.41) is 3.51. The first-order chi connectivity index (χ1) is 15.4. The van der Waals surface area contributed by atoms with Gasteiger partial charge in [-0.1, -0.05) is 6.07 Å². The summed E-state index contributed by atoms with van der Waals surface area (Å²) < 4.78 is 7.28. The Labute approximate surface area is 189 Å². The predicted molar refractivity (Wildman–Crippen MR) is 126 cm³/mol. The number of aromatic nitrogens is 3. The molecule has 0 spiro atoms. The molecule has 1 aromatic carbocycles. The number of anilines is 1. The van der Waals surface area contributed by atoms with Crippen molar-refractivity contribution in [2.24, 2.45) is 7.05 Å². The smallest absolute Gasteiger partial charge is 0.229 e. The Balaban J connectivity index is 1.40. The number of carbonyl (C=O) groups is 1. The maximum Gasteiger partial charge on any atom is 0.229 e. The Bertz CT molecular complexity index is 1120. The summed E-state index contributed by atoms with van der Waals surface area (Å²) >= 11 is 0. The molecule has 168 valence electrons. The summed E-state index contributed by atoms with van der Waals surface area (Å²) in [7, 11) is 3.61. The zero-order valence-corrected chi connectivity index (χ0v) is 19.4. The molecule has 0 unspecified atom stereocenters. The number of methoxy groups -OCH3 is 1. The van der Waals surface area contributed by atoms with Crippen LogP contribution in [0.15, 0.2) is 42.9 Å². The van der Waals surface area contributed by atoms with Crippen LogP contribution in [-0.2, 0) is 11.8 Å². The van der Waals surface area contributed by atoms with Crippen LogP contribution in [0.1, 0.15) is 36.1 Å². The molecule has 7 nitrogen and oxygen atoms in total. The van der Waals surface area contributed by atoms with E-state index < -0.39 is 0 Å². The number of aryl methyl sites for hydroxylation is 3. The molecule has 2 aromatic heterocycles. The van der Waals surface area contributed by atoms with E-state index in [2.05, 4.69) is 16.4 Å². The van der Waals surface area contributed by atoms with E-state index in [1.165, 1.54) is 0 Å². The molecule has 0 bridgehead atoms. The molecule has 1 aliphatic heterocycles. The van der Waals surface area contributed by atoms with E-state index in [0.29, 0.717) is 6.54 Å². The number of carbonyl (C=O) groups excluding carboxylic acids is 1. The van der Waals surface area contributed by atoms with Crippen LogP contribution in [0.5, 0.6) is 5.75 Å². The zero-order chi connectivity index (χ0) is 22.8. The second kappa shape index (κ2) is 9.02. The van der Waals surface area contributed by atoms with Crippen LogP contribution in [0.3, 0.4) is 0 Å². The number of hydrogen-bond acceptors (Lipinski definition) is 5. The van der Waals surface area contributed by atoms with Crippen LogP contribution >= 0.6 is 0 Å². The Hall–Kier alpha value is -3.35. The fraction of sp³-hybridized carbons (Fsp3) is 0.400. The van der Waals surface area contributed by atoms with E-state index >= 15 is 0 Å². The fourth-order valence-electron chi connectivity index (χ4n) is 4.37. The third-order valence-electron chi connectivity index (χ3n) is 6.24. The standard InChI is InChI=1S/C25H31N5O2/c1-16-6-7-20(32-5)12-22(16)17(2)25(31)30-11-10-19(13-30)28-24-9-8-21(18(3)27-24)23-14-29(4)15-26-23/h6-9,12,14-15,17,19H,10-11,13H2,1-5H3,(H,27,28)/t17-,19+/m1/s1. The van der Waals surface area contributed by atoms with Crippen molar-refractivity contribution in [3.8, 4) is 17.0 Å². The van der Waals surface area contributed by atoms with Crippen molar-refractivity contribution in [1.82, 2.24) is 19.4 Å². The molecular formula is C25H31N5O2. The summed E-state index contributed by atoms with van der Waals surface area (Å²) in [6, 6.07) is 10.1. The van der Waals surface area contributed by atoms with Gasteiger partial charge in [0.05, 0.1) is 25.0 Å². The van der Waals surface area contributed by atoms with Crippen LogP contribution < -0.4 is 10.1 Å². The number of imidazole rings is 1. The van der Waals surface area contributed by atoms with Crippen LogP contribution in [0.25, 0.3) is 11.3 Å². The van der Waals surface area contributed by atoms with Crippen molar-refractivity contribution >= 4 is 11.7 Å². The van der Waals surface area contributed by atoms with Crippen LogP contribution in [0.4, 0.5) is 5.82 Å². The number of hydrogen-bond donors (Lipinski definition) is 1. The molecule has 0 saturated carbocycles. The van der Waals surface area contributed by atoms with E-state index in [1.807, 2.05) is 67.7 Å². The number of rotatable bonds is 6. The highest BCUT2D eigenvalue weighted by atomic mass is 16.5. The minimum atomic E-state index is -0.207. The summed E-state index contributed by atoms with van der Waals surface area (Å²) in [6.07, 6.45) is 4.68. The van der Waals surface area contributed by atoms with Gasteiger partial charge in [0.2, 0.25) is 5.91 Å². The molecule has 0 radical (unpaired) electrons. The summed E-state index contributed by atoms with van der Waals surface area (Å²) in [6.45, 7) is 7.43. The van der Waals surface area contributed by atoms with Gasteiger partial charge in [-0.15, -0.1) is 0 Å². The average molecular weight is 434 g/mol. The minimum absolute atomic E-state index is 0.153. The van der Waals surface area contributed by atoms with Gasteiger partial charge in [0, 0.05) is 43.6 Å². The van der Waals surface area contributed by atoms with Crippen molar-refractivity contribution in [3.63, 3.8) is 0 Å². The summed E-state index contributed by atoms with van der Waals surface area (Å²) in [5.74, 6) is 1.56. The van der Waals surface area contributed by atoms with E-state index in [9.17, 15) is 4.79 Å². The molecule has 1 N–H and O–H groups in total. The van der Waals surface area contributed by atoms with Crippen LogP contribution in [0.2, 0.25) is 0 Å². The minimum Gasteiger partial charge on any atom is -0.497 e. The number of ether oxygens (including phenoxy) is 1. The Kier molecular flexibility index (Phi) is 6.17. The first kappa shape index (κ1) is 21.9. The van der Waals surface area contributed by atoms with Gasteiger partial charge in [-0.2, -0.15) is 0 Å². The number of nitrogens with one attached hydrogen (secondary N) is 1. The maximum atomic E-state index is 13.2. The average Bonchev–Trinajstić information content (AvgIpc) is 3.42. The Morgan fingerprint density at radius 2 is 2.06 bits per heavy atom. The van der Waals surface area contributed by atoms with Crippen molar-refractivity contribution in [2.45, 2.75) is 39.2 Å².